The fraction of sp³-hybridized carbons (Fsp3) is 0.355. The normalized spacial score (nSPS) is 14.7. The van der Waals surface area contributed by atoms with E-state index in [1.807, 2.05) is 31.2 Å². The fourth-order valence-corrected chi connectivity index (χ4v) is 6.72. The zero-order chi connectivity index (χ0) is 29.6. The molecule has 218 valence electrons. The molecule has 0 radical (unpaired) electrons. The molecule has 7 nitrogen and oxygen atoms in total. The predicted molar refractivity (Wildman–Crippen MR) is 166 cm³/mol. The second-order valence-corrected chi connectivity index (χ2v) is 13.7. The monoisotopic (exact) mass is 659 g/mol. The maximum atomic E-state index is 14.0. The minimum atomic E-state index is -4.12. The van der Waals surface area contributed by atoms with Crippen LogP contribution in [0.15, 0.2) is 82.2 Å². The second kappa shape index (κ2) is 13.9. The Bertz CT molecular complexity index is 1440. The lowest BCUT2D eigenvalue weighted by molar-refractivity contribution is -0.139. The minimum Gasteiger partial charge on any atom is -0.352 e. The molecule has 4 rings (SSSR count). The number of halogens is 2. The van der Waals surface area contributed by atoms with Gasteiger partial charge in [0.05, 0.1) is 10.6 Å². The molecule has 0 heterocycles. The molecule has 1 N–H and O–H groups in total. The van der Waals surface area contributed by atoms with Crippen LogP contribution in [-0.4, -0.2) is 43.8 Å². The number of aryl methyl sites for hydroxylation is 1. The molecule has 0 bridgehead atoms. The van der Waals surface area contributed by atoms with Crippen molar-refractivity contribution < 1.29 is 18.0 Å². The SMILES string of the molecule is Cc1ccc(S(=O)(=O)N(CC(=O)N(Cc2ccc(Br)cc2)[C@@H](C)C(=O)NC2CCCCC2)c2ccc(Cl)cc2)cc1. The second-order valence-electron chi connectivity index (χ2n) is 10.5. The quantitative estimate of drug-likeness (QED) is 0.270. The van der Waals surface area contributed by atoms with Crippen LogP contribution in [0.4, 0.5) is 5.69 Å². The number of rotatable bonds is 10. The first kappa shape index (κ1) is 31.1. The van der Waals surface area contributed by atoms with Crippen molar-refractivity contribution in [1.82, 2.24) is 10.2 Å². The van der Waals surface area contributed by atoms with E-state index in [9.17, 15) is 18.0 Å². The molecule has 1 atom stereocenters. The van der Waals surface area contributed by atoms with E-state index in [4.69, 9.17) is 11.6 Å². The highest BCUT2D eigenvalue weighted by Gasteiger charge is 2.33. The summed E-state index contributed by atoms with van der Waals surface area (Å²) < 4.78 is 29.7. The number of sulfonamides is 1. The number of benzene rings is 3. The van der Waals surface area contributed by atoms with Crippen molar-refractivity contribution in [3.63, 3.8) is 0 Å². The third-order valence-electron chi connectivity index (χ3n) is 7.39. The Morgan fingerprint density at radius 1 is 0.951 bits per heavy atom. The third-order valence-corrected chi connectivity index (χ3v) is 9.96. The van der Waals surface area contributed by atoms with E-state index in [2.05, 4.69) is 21.2 Å². The summed E-state index contributed by atoms with van der Waals surface area (Å²) in [5, 5.41) is 3.56. The molecule has 3 aromatic rings. The molecule has 0 aliphatic heterocycles. The van der Waals surface area contributed by atoms with Crippen LogP contribution in [0.3, 0.4) is 0 Å². The van der Waals surface area contributed by atoms with E-state index in [1.165, 1.54) is 17.0 Å². The van der Waals surface area contributed by atoms with Gasteiger partial charge in [-0.2, -0.15) is 0 Å². The maximum absolute atomic E-state index is 14.0. The Balaban J connectivity index is 1.66. The molecule has 1 aliphatic rings. The molecule has 0 unspecified atom stereocenters. The summed E-state index contributed by atoms with van der Waals surface area (Å²) in [5.74, 6) is -0.744. The van der Waals surface area contributed by atoms with Crippen molar-refractivity contribution in [2.45, 2.75) is 69.5 Å². The molecule has 10 heteroatoms. The lowest BCUT2D eigenvalue weighted by Crippen LogP contribution is -2.53. The first-order valence-corrected chi connectivity index (χ1v) is 16.3. The van der Waals surface area contributed by atoms with Crippen LogP contribution in [0.25, 0.3) is 0 Å². The van der Waals surface area contributed by atoms with Gasteiger partial charge in [0, 0.05) is 22.1 Å². The summed E-state index contributed by atoms with van der Waals surface area (Å²) in [6, 6.07) is 19.5. The largest absolute Gasteiger partial charge is 0.352 e. The van der Waals surface area contributed by atoms with Gasteiger partial charge in [-0.15, -0.1) is 0 Å². The Hall–Kier alpha value is -2.88. The molecular weight excluding hydrogens is 626 g/mol. The Labute approximate surface area is 256 Å². The van der Waals surface area contributed by atoms with Crippen molar-refractivity contribution in [3.05, 3.63) is 93.4 Å². The van der Waals surface area contributed by atoms with Gasteiger partial charge in [0.15, 0.2) is 0 Å². The highest BCUT2D eigenvalue weighted by Crippen LogP contribution is 2.26. The van der Waals surface area contributed by atoms with Crippen LogP contribution < -0.4 is 9.62 Å². The summed E-state index contributed by atoms with van der Waals surface area (Å²) in [5.41, 5.74) is 2.03. The molecular formula is C31H35BrClN3O4S. The van der Waals surface area contributed by atoms with E-state index < -0.39 is 28.5 Å². The van der Waals surface area contributed by atoms with Gasteiger partial charge in [-0.25, -0.2) is 8.42 Å². The number of anilines is 1. The lowest BCUT2D eigenvalue weighted by atomic mass is 9.95. The fourth-order valence-electron chi connectivity index (χ4n) is 4.91. The van der Waals surface area contributed by atoms with E-state index in [0.717, 1.165) is 52.0 Å². The third kappa shape index (κ3) is 8.11. The molecule has 41 heavy (non-hydrogen) atoms. The van der Waals surface area contributed by atoms with Gasteiger partial charge in [0.25, 0.3) is 10.0 Å². The van der Waals surface area contributed by atoms with E-state index in [-0.39, 0.29) is 23.4 Å². The zero-order valence-electron chi connectivity index (χ0n) is 23.2. The van der Waals surface area contributed by atoms with Crippen molar-refractivity contribution in [3.8, 4) is 0 Å². The lowest BCUT2D eigenvalue weighted by Gasteiger charge is -2.33. The zero-order valence-corrected chi connectivity index (χ0v) is 26.4. The van der Waals surface area contributed by atoms with Crippen LogP contribution in [0.5, 0.6) is 0 Å². The average Bonchev–Trinajstić information content (AvgIpc) is 2.96. The number of nitrogens with zero attached hydrogens (tertiary/aromatic N) is 2. The average molecular weight is 661 g/mol. The van der Waals surface area contributed by atoms with E-state index in [0.29, 0.717) is 10.7 Å². The molecule has 0 saturated heterocycles. The summed E-state index contributed by atoms with van der Waals surface area (Å²) >= 11 is 9.52. The van der Waals surface area contributed by atoms with Crippen molar-refractivity contribution in [2.75, 3.05) is 10.8 Å². The highest BCUT2D eigenvalue weighted by molar-refractivity contribution is 9.10. The van der Waals surface area contributed by atoms with Gasteiger partial charge in [-0.05, 0) is 80.8 Å². The molecule has 1 fully saturated rings. The van der Waals surface area contributed by atoms with Gasteiger partial charge in [0.1, 0.15) is 12.6 Å². The summed E-state index contributed by atoms with van der Waals surface area (Å²) in [6.07, 6.45) is 5.12. The van der Waals surface area contributed by atoms with Crippen molar-refractivity contribution in [1.29, 1.82) is 0 Å². The Morgan fingerprint density at radius 2 is 1.56 bits per heavy atom. The molecule has 2 amide bonds. The van der Waals surface area contributed by atoms with Crippen LogP contribution in [0.1, 0.15) is 50.2 Å². The van der Waals surface area contributed by atoms with Crippen molar-refractivity contribution >= 4 is 55.1 Å². The molecule has 0 spiro atoms. The van der Waals surface area contributed by atoms with Gasteiger partial charge in [-0.1, -0.05) is 76.6 Å². The molecule has 0 aromatic heterocycles. The first-order valence-electron chi connectivity index (χ1n) is 13.7. The van der Waals surface area contributed by atoms with Crippen LogP contribution in [-0.2, 0) is 26.2 Å². The minimum absolute atomic E-state index is 0.0633. The summed E-state index contributed by atoms with van der Waals surface area (Å²) in [4.78, 5) is 28.9. The first-order chi connectivity index (χ1) is 19.5. The molecule has 1 saturated carbocycles. The van der Waals surface area contributed by atoms with Gasteiger partial charge < -0.3 is 10.2 Å². The van der Waals surface area contributed by atoms with Crippen molar-refractivity contribution in [2.24, 2.45) is 0 Å². The summed E-state index contributed by atoms with van der Waals surface area (Å²) in [7, 11) is -4.12. The summed E-state index contributed by atoms with van der Waals surface area (Å²) in [6.45, 7) is 3.21. The standard InChI is InChI=1S/C31H35BrClN3O4S/c1-22-8-18-29(19-9-22)41(39,40)36(28-16-14-26(33)15-17-28)21-30(37)35(20-24-10-12-25(32)13-11-24)23(2)31(38)34-27-6-4-3-5-7-27/h8-19,23,27H,3-7,20-21H2,1-2H3,(H,34,38)/t23-/m0/s1. The van der Waals surface area contributed by atoms with Crippen LogP contribution in [0.2, 0.25) is 5.02 Å². The topological polar surface area (TPSA) is 86.8 Å². The van der Waals surface area contributed by atoms with E-state index >= 15 is 0 Å². The van der Waals surface area contributed by atoms with Gasteiger partial charge in [0.2, 0.25) is 11.8 Å². The number of hydrogen-bond donors (Lipinski definition) is 1. The van der Waals surface area contributed by atoms with Gasteiger partial charge in [-0.3, -0.25) is 13.9 Å². The smallest absolute Gasteiger partial charge is 0.264 e. The highest BCUT2D eigenvalue weighted by atomic mass is 79.9. The Kier molecular flexibility index (Phi) is 10.5. The van der Waals surface area contributed by atoms with E-state index in [1.54, 1.807) is 43.3 Å². The number of carbonyl (C=O) groups is 2. The number of hydrogen-bond acceptors (Lipinski definition) is 4. The number of amides is 2. The predicted octanol–water partition coefficient (Wildman–Crippen LogP) is 6.47. The molecule has 1 aliphatic carbocycles. The number of carbonyl (C=O) groups excluding carboxylic acids is 2. The van der Waals surface area contributed by atoms with Crippen LogP contribution in [0, 0.1) is 6.92 Å². The van der Waals surface area contributed by atoms with Crippen LogP contribution >= 0.6 is 27.5 Å². The number of nitrogens with one attached hydrogen (secondary N) is 1. The molecule has 3 aromatic carbocycles. The maximum Gasteiger partial charge on any atom is 0.264 e. The Morgan fingerprint density at radius 3 is 2.17 bits per heavy atom. The van der Waals surface area contributed by atoms with Gasteiger partial charge >= 0.3 is 0 Å².